The van der Waals surface area contributed by atoms with Crippen LogP contribution in [0.25, 0.3) is 0 Å². The second-order valence-corrected chi connectivity index (χ2v) is 7.11. The monoisotopic (exact) mass is 362 g/mol. The van der Waals surface area contributed by atoms with Crippen molar-refractivity contribution in [3.63, 3.8) is 0 Å². The van der Waals surface area contributed by atoms with Crippen LogP contribution < -0.4 is 14.8 Å². The molecule has 0 heterocycles. The third-order valence-corrected chi connectivity index (χ3v) is 5.24. The molecular weight excluding hydrogens is 340 g/mol. The fourth-order valence-electron chi connectivity index (χ4n) is 2.32. The summed E-state index contributed by atoms with van der Waals surface area (Å²) in [6.07, 6.45) is 0.915. The van der Waals surface area contributed by atoms with Gasteiger partial charge in [-0.05, 0) is 42.3 Å². The normalized spacial score (nSPS) is 11.2. The molecular formula is C18H22N2O4S. The first-order valence-corrected chi connectivity index (χ1v) is 9.47. The minimum atomic E-state index is -3.75. The SMILES string of the molecule is CCNS(=O)(=O)c1cc(C(=O)Nc2ccc(CC)cc2)ccc1OC. The molecule has 2 rings (SSSR count). The molecule has 0 unspecified atom stereocenters. The van der Waals surface area contributed by atoms with Gasteiger partial charge in [0.15, 0.2) is 0 Å². The molecule has 0 aliphatic carbocycles. The van der Waals surface area contributed by atoms with E-state index in [1.54, 1.807) is 6.92 Å². The fraction of sp³-hybridized carbons (Fsp3) is 0.278. The highest BCUT2D eigenvalue weighted by Crippen LogP contribution is 2.25. The Labute approximate surface area is 148 Å². The van der Waals surface area contributed by atoms with E-state index >= 15 is 0 Å². The number of aryl methyl sites for hydroxylation is 1. The largest absolute Gasteiger partial charge is 0.495 e. The zero-order valence-corrected chi connectivity index (χ0v) is 15.3. The number of methoxy groups -OCH3 is 1. The zero-order valence-electron chi connectivity index (χ0n) is 14.5. The summed E-state index contributed by atoms with van der Waals surface area (Å²) in [6.45, 7) is 3.98. The summed E-state index contributed by atoms with van der Waals surface area (Å²) in [5.74, 6) is -0.204. The molecule has 0 fully saturated rings. The molecule has 6 nitrogen and oxygen atoms in total. The quantitative estimate of drug-likeness (QED) is 0.793. The molecule has 0 aromatic heterocycles. The van der Waals surface area contributed by atoms with Gasteiger partial charge in [0.25, 0.3) is 5.91 Å². The summed E-state index contributed by atoms with van der Waals surface area (Å²) in [5, 5.41) is 2.76. The van der Waals surface area contributed by atoms with E-state index in [0.717, 1.165) is 6.42 Å². The highest BCUT2D eigenvalue weighted by molar-refractivity contribution is 7.89. The van der Waals surface area contributed by atoms with Crippen molar-refractivity contribution in [2.45, 2.75) is 25.2 Å². The number of amides is 1. The topological polar surface area (TPSA) is 84.5 Å². The van der Waals surface area contributed by atoms with E-state index in [0.29, 0.717) is 5.69 Å². The number of carbonyl (C=O) groups is 1. The maximum atomic E-state index is 12.4. The van der Waals surface area contributed by atoms with E-state index in [9.17, 15) is 13.2 Å². The molecule has 2 aromatic rings. The number of rotatable bonds is 7. The predicted octanol–water partition coefficient (Wildman–Crippen LogP) is 2.81. The summed E-state index contributed by atoms with van der Waals surface area (Å²) in [6, 6.07) is 11.8. The molecule has 7 heteroatoms. The van der Waals surface area contributed by atoms with Crippen molar-refractivity contribution in [1.82, 2.24) is 4.72 Å². The van der Waals surface area contributed by atoms with Gasteiger partial charge in [-0.15, -0.1) is 0 Å². The first kappa shape index (κ1) is 19.0. The van der Waals surface area contributed by atoms with Crippen molar-refractivity contribution < 1.29 is 17.9 Å². The minimum Gasteiger partial charge on any atom is -0.495 e. The van der Waals surface area contributed by atoms with E-state index in [-0.39, 0.29) is 28.7 Å². The molecule has 0 aliphatic heterocycles. The van der Waals surface area contributed by atoms with E-state index in [1.807, 2.05) is 24.3 Å². The molecule has 0 bridgehead atoms. The summed E-state index contributed by atoms with van der Waals surface area (Å²) in [7, 11) is -2.36. The Hall–Kier alpha value is -2.38. The number of carbonyl (C=O) groups excluding carboxylic acids is 1. The maximum absolute atomic E-state index is 12.4. The third-order valence-electron chi connectivity index (χ3n) is 3.67. The first-order chi connectivity index (χ1) is 11.9. The summed E-state index contributed by atoms with van der Waals surface area (Å²) in [4.78, 5) is 12.4. The van der Waals surface area contributed by atoms with Crippen LogP contribution in [0.2, 0.25) is 0 Å². The number of benzene rings is 2. The van der Waals surface area contributed by atoms with Gasteiger partial charge in [-0.25, -0.2) is 13.1 Å². The number of ether oxygens (including phenoxy) is 1. The van der Waals surface area contributed by atoms with Crippen molar-refractivity contribution in [2.75, 3.05) is 19.0 Å². The molecule has 0 saturated carbocycles. The van der Waals surface area contributed by atoms with Crippen LogP contribution in [0.1, 0.15) is 29.8 Å². The molecule has 0 radical (unpaired) electrons. The van der Waals surface area contributed by atoms with Crippen molar-refractivity contribution in [3.05, 3.63) is 53.6 Å². The lowest BCUT2D eigenvalue weighted by Crippen LogP contribution is -2.24. The number of hydrogen-bond donors (Lipinski definition) is 2. The number of hydrogen-bond acceptors (Lipinski definition) is 4. The van der Waals surface area contributed by atoms with Crippen LogP contribution >= 0.6 is 0 Å². The van der Waals surface area contributed by atoms with Crippen molar-refractivity contribution >= 4 is 21.6 Å². The van der Waals surface area contributed by atoms with E-state index in [2.05, 4.69) is 17.0 Å². The highest BCUT2D eigenvalue weighted by atomic mass is 32.2. The minimum absolute atomic E-state index is 0.0640. The number of sulfonamides is 1. The van der Waals surface area contributed by atoms with Gasteiger partial charge < -0.3 is 10.1 Å². The van der Waals surface area contributed by atoms with Crippen molar-refractivity contribution in [1.29, 1.82) is 0 Å². The Balaban J connectivity index is 2.30. The lowest BCUT2D eigenvalue weighted by atomic mass is 10.1. The van der Waals surface area contributed by atoms with Crippen LogP contribution in [-0.2, 0) is 16.4 Å². The van der Waals surface area contributed by atoms with E-state index < -0.39 is 10.0 Å². The van der Waals surface area contributed by atoms with Gasteiger partial charge in [0.1, 0.15) is 10.6 Å². The summed E-state index contributed by atoms with van der Waals surface area (Å²) < 4.78 is 32.1. The summed E-state index contributed by atoms with van der Waals surface area (Å²) >= 11 is 0. The van der Waals surface area contributed by atoms with Crippen LogP contribution in [-0.4, -0.2) is 28.0 Å². The van der Waals surface area contributed by atoms with Crippen LogP contribution in [0.15, 0.2) is 47.4 Å². The van der Waals surface area contributed by atoms with Crippen LogP contribution in [0.5, 0.6) is 5.75 Å². The first-order valence-electron chi connectivity index (χ1n) is 7.99. The fourth-order valence-corrected chi connectivity index (χ4v) is 3.56. The molecule has 0 atom stereocenters. The Morgan fingerprint density at radius 2 is 1.76 bits per heavy atom. The van der Waals surface area contributed by atoms with Crippen LogP contribution in [0, 0.1) is 0 Å². The Bertz CT molecular complexity index is 846. The van der Waals surface area contributed by atoms with Gasteiger partial charge in [0.2, 0.25) is 10.0 Å². The average Bonchev–Trinajstić information content (AvgIpc) is 2.61. The van der Waals surface area contributed by atoms with E-state index in [1.165, 1.54) is 30.9 Å². The van der Waals surface area contributed by atoms with E-state index in [4.69, 9.17) is 4.74 Å². The van der Waals surface area contributed by atoms with Gasteiger partial charge in [0, 0.05) is 17.8 Å². The number of nitrogens with one attached hydrogen (secondary N) is 2. The van der Waals surface area contributed by atoms with Crippen LogP contribution in [0.3, 0.4) is 0 Å². The number of anilines is 1. The Morgan fingerprint density at radius 1 is 1.08 bits per heavy atom. The highest BCUT2D eigenvalue weighted by Gasteiger charge is 2.21. The Morgan fingerprint density at radius 3 is 2.32 bits per heavy atom. The third kappa shape index (κ3) is 4.58. The average molecular weight is 362 g/mol. The Kier molecular flexibility index (Phi) is 6.17. The van der Waals surface area contributed by atoms with Gasteiger partial charge in [0.05, 0.1) is 7.11 Å². The maximum Gasteiger partial charge on any atom is 0.255 e. The molecule has 134 valence electrons. The summed E-state index contributed by atoms with van der Waals surface area (Å²) in [5.41, 5.74) is 2.05. The van der Waals surface area contributed by atoms with Gasteiger partial charge in [-0.2, -0.15) is 0 Å². The van der Waals surface area contributed by atoms with Crippen LogP contribution in [0.4, 0.5) is 5.69 Å². The standard InChI is InChI=1S/C18H22N2O4S/c1-4-13-6-9-15(10-7-13)20-18(21)14-8-11-16(24-3)17(12-14)25(22,23)19-5-2/h6-12,19H,4-5H2,1-3H3,(H,20,21). The van der Waals surface area contributed by atoms with Crippen molar-refractivity contribution in [3.8, 4) is 5.75 Å². The molecule has 1 amide bonds. The predicted molar refractivity (Wildman–Crippen MR) is 97.6 cm³/mol. The lowest BCUT2D eigenvalue weighted by molar-refractivity contribution is 0.102. The van der Waals surface area contributed by atoms with Gasteiger partial charge in [-0.1, -0.05) is 26.0 Å². The smallest absolute Gasteiger partial charge is 0.255 e. The zero-order chi connectivity index (χ0) is 18.4. The second-order valence-electron chi connectivity index (χ2n) is 5.37. The van der Waals surface area contributed by atoms with Gasteiger partial charge >= 0.3 is 0 Å². The molecule has 0 aliphatic rings. The lowest BCUT2D eigenvalue weighted by Gasteiger charge is -2.12. The molecule has 25 heavy (non-hydrogen) atoms. The van der Waals surface area contributed by atoms with Gasteiger partial charge in [-0.3, -0.25) is 4.79 Å². The second kappa shape index (κ2) is 8.13. The van der Waals surface area contributed by atoms with Crippen molar-refractivity contribution in [2.24, 2.45) is 0 Å². The molecule has 0 saturated heterocycles. The molecule has 0 spiro atoms. The molecule has 2 aromatic carbocycles. The molecule has 2 N–H and O–H groups in total.